The molecule has 1 amide bonds. The van der Waals surface area contributed by atoms with Crippen molar-refractivity contribution in [2.45, 2.75) is 64.7 Å². The van der Waals surface area contributed by atoms with Crippen LogP contribution in [-0.4, -0.2) is 50.0 Å². The minimum absolute atomic E-state index is 0.0708. The topological polar surface area (TPSA) is 121 Å². The molecule has 0 aliphatic carbocycles. The molecule has 0 saturated carbocycles. The van der Waals surface area contributed by atoms with Gasteiger partial charge in [0, 0.05) is 29.9 Å². The zero-order chi connectivity index (χ0) is 27.5. The molecule has 0 unspecified atom stereocenters. The fourth-order valence-corrected chi connectivity index (χ4v) is 5.50. The first-order valence-corrected chi connectivity index (χ1v) is 15.1. The molecule has 0 saturated heterocycles. The number of benzene rings is 1. The Hall–Kier alpha value is -3.12. The lowest BCUT2D eigenvalue weighted by molar-refractivity contribution is -0.115. The molecule has 3 heterocycles. The van der Waals surface area contributed by atoms with Gasteiger partial charge in [-0.25, -0.2) is 4.79 Å². The first kappa shape index (κ1) is 28.9. The van der Waals surface area contributed by atoms with Crippen LogP contribution in [0.5, 0.6) is 5.75 Å². The molecule has 0 N–H and O–H groups in total. The minimum atomic E-state index is -0.450. The van der Waals surface area contributed by atoms with Gasteiger partial charge in [-0.05, 0) is 50.8 Å². The van der Waals surface area contributed by atoms with Gasteiger partial charge in [0.05, 0.1) is 29.3 Å². The van der Waals surface area contributed by atoms with Crippen molar-refractivity contribution in [3.05, 3.63) is 52.1 Å². The van der Waals surface area contributed by atoms with E-state index >= 15 is 0 Å². The minimum Gasteiger partial charge on any atom is -0.493 e. The molecule has 1 aromatic carbocycles. The average Bonchev–Trinajstić information content (AvgIpc) is 3.56. The summed E-state index contributed by atoms with van der Waals surface area (Å²) in [6, 6.07) is 7.28. The molecule has 208 valence electrons. The number of nitrogens with zero attached hydrogens (tertiary/aromatic N) is 5. The Bertz CT molecular complexity index is 1380. The lowest BCUT2D eigenvalue weighted by atomic mass is 10.1. The molecular formula is C27H33N5O5S2. The average molecular weight is 572 g/mol. The van der Waals surface area contributed by atoms with Gasteiger partial charge < -0.3 is 14.0 Å². The number of aromatic nitrogens is 3. The summed E-state index contributed by atoms with van der Waals surface area (Å²) in [7, 11) is 0. The van der Waals surface area contributed by atoms with E-state index in [1.165, 1.54) is 23.5 Å². The number of thioether (sulfide) groups is 2. The number of fused-ring (bicyclic) bond motifs is 1. The fourth-order valence-electron chi connectivity index (χ4n) is 3.77. The second kappa shape index (κ2) is 14.9. The maximum Gasteiger partial charge on any atom is 0.345 e. The highest BCUT2D eigenvalue weighted by Gasteiger charge is 2.15. The van der Waals surface area contributed by atoms with Crippen LogP contribution in [0.2, 0.25) is 0 Å². The van der Waals surface area contributed by atoms with Gasteiger partial charge in [0.1, 0.15) is 22.3 Å². The van der Waals surface area contributed by atoms with Gasteiger partial charge in [0.15, 0.2) is 0 Å². The predicted molar refractivity (Wildman–Crippen MR) is 156 cm³/mol. The summed E-state index contributed by atoms with van der Waals surface area (Å²) in [5.41, 5.74) is 1.79. The van der Waals surface area contributed by atoms with Crippen LogP contribution in [0.3, 0.4) is 0 Å². The van der Waals surface area contributed by atoms with Gasteiger partial charge in [-0.2, -0.15) is 4.99 Å². The highest BCUT2D eigenvalue weighted by molar-refractivity contribution is 8.39. The molecule has 0 atom stereocenters. The van der Waals surface area contributed by atoms with Crippen molar-refractivity contribution in [1.29, 1.82) is 0 Å². The van der Waals surface area contributed by atoms with E-state index < -0.39 is 5.63 Å². The number of aryl methyl sites for hydroxylation is 1. The van der Waals surface area contributed by atoms with Crippen molar-refractivity contribution < 1.29 is 18.8 Å². The van der Waals surface area contributed by atoms with E-state index in [2.05, 4.69) is 27.4 Å². The SMILES string of the molecule is CCCCOc1ccc2cc(/C(C)=N/OCCCCCCn3cc(CSC4=NC(=O)CS4)nn3)c(=O)oc2c1. The number of unbranched alkanes of at least 4 members (excludes halogenated alkanes) is 4. The summed E-state index contributed by atoms with van der Waals surface area (Å²) in [4.78, 5) is 33.1. The number of oxime groups is 1. The Balaban J connectivity index is 1.13. The molecule has 10 nitrogen and oxygen atoms in total. The van der Waals surface area contributed by atoms with Crippen LogP contribution in [0.4, 0.5) is 0 Å². The molecule has 12 heteroatoms. The third-order valence-corrected chi connectivity index (χ3v) is 8.12. The fraction of sp³-hybridized carbons (Fsp3) is 0.481. The largest absolute Gasteiger partial charge is 0.493 e. The highest BCUT2D eigenvalue weighted by atomic mass is 32.2. The van der Waals surface area contributed by atoms with E-state index in [1.54, 1.807) is 19.1 Å². The van der Waals surface area contributed by atoms with Crippen molar-refractivity contribution in [2.24, 2.45) is 10.1 Å². The van der Waals surface area contributed by atoms with Gasteiger partial charge in [-0.3, -0.25) is 9.48 Å². The zero-order valence-corrected chi connectivity index (χ0v) is 23.9. The normalized spacial score (nSPS) is 13.7. The van der Waals surface area contributed by atoms with E-state index in [9.17, 15) is 9.59 Å². The summed E-state index contributed by atoms with van der Waals surface area (Å²) in [6.45, 7) is 5.76. The lowest BCUT2D eigenvalue weighted by Gasteiger charge is -2.07. The molecule has 4 rings (SSSR count). The number of hydrogen-bond acceptors (Lipinski definition) is 10. The van der Waals surface area contributed by atoms with Crippen LogP contribution in [-0.2, 0) is 21.9 Å². The number of aliphatic imine (C=N–C) groups is 1. The van der Waals surface area contributed by atoms with E-state index in [1.807, 2.05) is 23.0 Å². The summed E-state index contributed by atoms with van der Waals surface area (Å²) < 4.78 is 13.9. The Morgan fingerprint density at radius 1 is 1.15 bits per heavy atom. The third kappa shape index (κ3) is 8.96. The molecule has 3 aromatic rings. The Morgan fingerprint density at radius 2 is 2.03 bits per heavy atom. The summed E-state index contributed by atoms with van der Waals surface area (Å²) in [5, 5.41) is 13.3. The number of hydrogen-bond donors (Lipinski definition) is 0. The second-order valence-corrected chi connectivity index (χ2v) is 11.3. The summed E-state index contributed by atoms with van der Waals surface area (Å²) in [6.07, 6.45) is 7.85. The van der Waals surface area contributed by atoms with Gasteiger partial charge in [0.2, 0.25) is 0 Å². The monoisotopic (exact) mass is 571 g/mol. The smallest absolute Gasteiger partial charge is 0.345 e. The Labute approximate surface area is 235 Å². The quantitative estimate of drug-likeness (QED) is 0.102. The van der Waals surface area contributed by atoms with Gasteiger partial charge in [0.25, 0.3) is 5.91 Å². The van der Waals surface area contributed by atoms with Crippen molar-refractivity contribution in [3.63, 3.8) is 0 Å². The molecule has 2 aromatic heterocycles. The first-order valence-electron chi connectivity index (χ1n) is 13.2. The molecule has 1 aliphatic heterocycles. The third-order valence-electron chi connectivity index (χ3n) is 5.90. The molecule has 39 heavy (non-hydrogen) atoms. The number of amides is 1. The highest BCUT2D eigenvalue weighted by Crippen LogP contribution is 2.25. The van der Waals surface area contributed by atoms with Gasteiger partial charge in [-0.1, -0.05) is 53.7 Å². The van der Waals surface area contributed by atoms with Gasteiger partial charge >= 0.3 is 5.63 Å². The maximum absolute atomic E-state index is 12.5. The number of rotatable bonds is 15. The molecule has 1 aliphatic rings. The molecule has 0 radical (unpaired) electrons. The second-order valence-electron chi connectivity index (χ2n) is 9.10. The van der Waals surface area contributed by atoms with Crippen LogP contribution < -0.4 is 10.4 Å². The number of carbonyl (C=O) groups excluding carboxylic acids is 1. The standard InChI is InChI=1S/C27H33N5O5S2/c1-3-4-12-35-22-10-9-20-14-23(26(34)37-24(20)15-22)19(2)30-36-13-8-6-5-7-11-32-16-21(29-31-32)17-38-27-28-25(33)18-39-27/h9-10,14-16H,3-8,11-13,17-18H2,1-2H3/b30-19+. The van der Waals surface area contributed by atoms with E-state index in [-0.39, 0.29) is 5.91 Å². The molecular weight excluding hydrogens is 538 g/mol. The van der Waals surface area contributed by atoms with Crippen LogP contribution >= 0.6 is 23.5 Å². The summed E-state index contributed by atoms with van der Waals surface area (Å²) >= 11 is 3.00. The first-order chi connectivity index (χ1) is 19.0. The molecule has 0 spiro atoms. The van der Waals surface area contributed by atoms with E-state index in [4.69, 9.17) is 14.0 Å². The number of ether oxygens (including phenoxy) is 1. The van der Waals surface area contributed by atoms with Gasteiger partial charge in [-0.15, -0.1) is 5.10 Å². The zero-order valence-electron chi connectivity index (χ0n) is 22.3. The number of carbonyl (C=O) groups is 1. The van der Waals surface area contributed by atoms with Crippen molar-refractivity contribution in [3.8, 4) is 5.75 Å². The van der Waals surface area contributed by atoms with Crippen molar-refractivity contribution in [2.75, 3.05) is 19.0 Å². The Kier molecular flexibility index (Phi) is 11.0. The van der Waals surface area contributed by atoms with Crippen molar-refractivity contribution >= 4 is 50.5 Å². The van der Waals surface area contributed by atoms with E-state index in [0.717, 1.165) is 60.5 Å². The van der Waals surface area contributed by atoms with Crippen LogP contribution in [0, 0.1) is 0 Å². The van der Waals surface area contributed by atoms with Crippen LogP contribution in [0.25, 0.3) is 11.0 Å². The van der Waals surface area contributed by atoms with Crippen LogP contribution in [0.1, 0.15) is 63.6 Å². The Morgan fingerprint density at radius 3 is 2.85 bits per heavy atom. The van der Waals surface area contributed by atoms with Crippen molar-refractivity contribution in [1.82, 2.24) is 15.0 Å². The van der Waals surface area contributed by atoms with Crippen LogP contribution in [0.15, 0.2) is 49.8 Å². The molecule has 0 bridgehead atoms. The lowest BCUT2D eigenvalue weighted by Crippen LogP contribution is -2.12. The summed E-state index contributed by atoms with van der Waals surface area (Å²) in [5.74, 6) is 1.71. The predicted octanol–water partition coefficient (Wildman–Crippen LogP) is 5.43. The maximum atomic E-state index is 12.5. The molecule has 0 fully saturated rings. The van der Waals surface area contributed by atoms with E-state index in [0.29, 0.717) is 47.3 Å².